The van der Waals surface area contributed by atoms with Gasteiger partial charge in [-0.1, -0.05) is 0 Å². The van der Waals surface area contributed by atoms with Crippen LogP contribution in [0.3, 0.4) is 0 Å². The Morgan fingerprint density at radius 1 is 1.38 bits per heavy atom. The highest BCUT2D eigenvalue weighted by Crippen LogP contribution is 2.22. The molecule has 21 heavy (non-hydrogen) atoms. The van der Waals surface area contributed by atoms with Crippen molar-refractivity contribution in [3.05, 3.63) is 30.0 Å². The van der Waals surface area contributed by atoms with Crippen molar-refractivity contribution in [2.24, 2.45) is 0 Å². The summed E-state index contributed by atoms with van der Waals surface area (Å²) in [5.41, 5.74) is 7.83. The van der Waals surface area contributed by atoms with Crippen LogP contribution in [0, 0.1) is 0 Å². The number of H-pyrrole nitrogens is 1. The van der Waals surface area contributed by atoms with E-state index < -0.39 is 0 Å². The van der Waals surface area contributed by atoms with Crippen LogP contribution in [0.15, 0.2) is 24.4 Å². The molecule has 0 unspecified atom stereocenters. The maximum Gasteiger partial charge on any atom is 0.305 e. The van der Waals surface area contributed by atoms with E-state index in [2.05, 4.69) is 9.72 Å². The summed E-state index contributed by atoms with van der Waals surface area (Å²) in [7, 11) is 3.07. The first-order chi connectivity index (χ1) is 10.0. The van der Waals surface area contributed by atoms with Gasteiger partial charge in [0.25, 0.3) is 5.91 Å². The minimum atomic E-state index is -0.268. The lowest BCUT2D eigenvalue weighted by Gasteiger charge is -2.16. The molecule has 1 aromatic carbocycles. The minimum absolute atomic E-state index is 0.100. The summed E-state index contributed by atoms with van der Waals surface area (Å²) in [5.74, 6) is -0.368. The van der Waals surface area contributed by atoms with Gasteiger partial charge in [-0.15, -0.1) is 0 Å². The Labute approximate surface area is 122 Å². The van der Waals surface area contributed by atoms with Crippen LogP contribution in [-0.4, -0.2) is 42.5 Å². The summed E-state index contributed by atoms with van der Waals surface area (Å²) < 4.78 is 4.57. The average Bonchev–Trinajstić information content (AvgIpc) is 2.88. The van der Waals surface area contributed by atoms with Gasteiger partial charge in [0.1, 0.15) is 0 Å². The van der Waals surface area contributed by atoms with Gasteiger partial charge in [0, 0.05) is 42.8 Å². The monoisotopic (exact) mass is 289 g/mol. The molecule has 6 nitrogen and oxygen atoms in total. The Balaban J connectivity index is 2.07. The number of carbonyl (C=O) groups is 2. The molecule has 0 aliphatic carbocycles. The quantitative estimate of drug-likeness (QED) is 0.648. The van der Waals surface area contributed by atoms with E-state index in [0.717, 1.165) is 10.9 Å². The van der Waals surface area contributed by atoms with E-state index in [0.29, 0.717) is 30.6 Å². The second kappa shape index (κ2) is 6.30. The maximum atomic E-state index is 12.4. The molecule has 0 aliphatic heterocycles. The van der Waals surface area contributed by atoms with Crippen molar-refractivity contribution < 1.29 is 14.3 Å². The van der Waals surface area contributed by atoms with Gasteiger partial charge in [0.15, 0.2) is 0 Å². The average molecular weight is 289 g/mol. The van der Waals surface area contributed by atoms with Crippen molar-refractivity contribution >= 4 is 28.5 Å². The first-order valence-corrected chi connectivity index (χ1v) is 6.72. The number of nitrogens with zero attached hydrogens (tertiary/aromatic N) is 1. The number of fused-ring (bicyclic) bond motifs is 1. The van der Waals surface area contributed by atoms with E-state index in [1.165, 1.54) is 7.11 Å². The molecule has 1 amide bonds. The van der Waals surface area contributed by atoms with E-state index in [-0.39, 0.29) is 11.9 Å². The topological polar surface area (TPSA) is 88.4 Å². The number of carbonyl (C=O) groups excluding carboxylic acids is 2. The molecule has 0 saturated carbocycles. The Hall–Kier alpha value is -2.50. The third-order valence-electron chi connectivity index (χ3n) is 3.39. The summed E-state index contributed by atoms with van der Waals surface area (Å²) in [6.07, 6.45) is 2.55. The molecular formula is C15H19N3O3. The molecule has 0 spiro atoms. The molecule has 0 aliphatic rings. The van der Waals surface area contributed by atoms with Crippen LogP contribution in [-0.2, 0) is 9.53 Å². The lowest BCUT2D eigenvalue weighted by atomic mass is 10.1. The fraction of sp³-hybridized carbons (Fsp3) is 0.333. The number of benzene rings is 1. The van der Waals surface area contributed by atoms with E-state index in [1.807, 2.05) is 6.07 Å². The summed E-state index contributed by atoms with van der Waals surface area (Å²) >= 11 is 0. The van der Waals surface area contributed by atoms with Gasteiger partial charge in [-0.05, 0) is 24.6 Å². The van der Waals surface area contributed by atoms with Crippen LogP contribution >= 0.6 is 0 Å². The number of esters is 1. The number of amides is 1. The maximum absolute atomic E-state index is 12.4. The van der Waals surface area contributed by atoms with Crippen LogP contribution < -0.4 is 5.73 Å². The zero-order valence-electron chi connectivity index (χ0n) is 12.2. The number of nitrogens with one attached hydrogen (secondary N) is 1. The first-order valence-electron chi connectivity index (χ1n) is 6.72. The van der Waals surface area contributed by atoms with Gasteiger partial charge in [0.05, 0.1) is 12.7 Å². The second-order valence-electron chi connectivity index (χ2n) is 4.91. The second-order valence-corrected chi connectivity index (χ2v) is 4.91. The van der Waals surface area contributed by atoms with Crippen molar-refractivity contribution in [2.45, 2.75) is 12.8 Å². The molecule has 2 rings (SSSR count). The molecule has 6 heteroatoms. The van der Waals surface area contributed by atoms with E-state index in [9.17, 15) is 9.59 Å². The highest BCUT2D eigenvalue weighted by Gasteiger charge is 2.16. The molecule has 112 valence electrons. The fourth-order valence-corrected chi connectivity index (χ4v) is 2.18. The van der Waals surface area contributed by atoms with E-state index in [4.69, 9.17) is 5.73 Å². The molecule has 3 N–H and O–H groups in total. The number of nitrogen functional groups attached to an aromatic ring is 1. The number of methoxy groups -OCH3 is 1. The molecule has 1 aromatic heterocycles. The van der Waals surface area contributed by atoms with Crippen molar-refractivity contribution in [1.82, 2.24) is 9.88 Å². The molecule has 1 heterocycles. The summed E-state index contributed by atoms with van der Waals surface area (Å²) in [6, 6.07) is 5.41. The van der Waals surface area contributed by atoms with Crippen LogP contribution in [0.25, 0.3) is 10.9 Å². The normalized spacial score (nSPS) is 10.6. The molecular weight excluding hydrogens is 270 g/mol. The van der Waals surface area contributed by atoms with E-state index in [1.54, 1.807) is 30.3 Å². The number of aromatic amines is 1. The van der Waals surface area contributed by atoms with Gasteiger partial charge < -0.3 is 20.4 Å². The highest BCUT2D eigenvalue weighted by molar-refractivity contribution is 6.07. The Morgan fingerprint density at radius 3 is 2.86 bits per heavy atom. The lowest BCUT2D eigenvalue weighted by Crippen LogP contribution is -2.28. The van der Waals surface area contributed by atoms with Crippen LogP contribution in [0.4, 0.5) is 5.69 Å². The summed E-state index contributed by atoms with van der Waals surface area (Å²) in [5, 5.41) is 0.805. The van der Waals surface area contributed by atoms with Gasteiger partial charge in [0.2, 0.25) is 0 Å². The fourth-order valence-electron chi connectivity index (χ4n) is 2.18. The number of hydrogen-bond acceptors (Lipinski definition) is 4. The first kappa shape index (κ1) is 14.9. The Kier molecular flexibility index (Phi) is 4.47. The molecule has 0 atom stereocenters. The predicted octanol–water partition coefficient (Wildman–Crippen LogP) is 1.78. The number of hydrogen-bond donors (Lipinski definition) is 2. The van der Waals surface area contributed by atoms with Crippen LogP contribution in [0.5, 0.6) is 0 Å². The summed E-state index contributed by atoms with van der Waals surface area (Å²) in [4.78, 5) is 28.1. The van der Waals surface area contributed by atoms with Crippen molar-refractivity contribution in [1.29, 1.82) is 0 Å². The molecule has 0 radical (unpaired) electrons. The highest BCUT2D eigenvalue weighted by atomic mass is 16.5. The molecule has 0 bridgehead atoms. The number of rotatable bonds is 5. The minimum Gasteiger partial charge on any atom is -0.469 e. The Bertz CT molecular complexity index is 663. The molecule has 0 fully saturated rings. The van der Waals surface area contributed by atoms with E-state index >= 15 is 0 Å². The number of anilines is 1. The van der Waals surface area contributed by atoms with Crippen molar-refractivity contribution in [3.63, 3.8) is 0 Å². The van der Waals surface area contributed by atoms with Gasteiger partial charge in [-0.3, -0.25) is 9.59 Å². The SMILES string of the molecule is COC(=O)CCCN(C)C(=O)c1c[nH]c2ccc(N)cc12. The van der Waals surface area contributed by atoms with Gasteiger partial charge >= 0.3 is 5.97 Å². The summed E-state index contributed by atoms with van der Waals surface area (Å²) in [6.45, 7) is 0.489. The van der Waals surface area contributed by atoms with Crippen LogP contribution in [0.2, 0.25) is 0 Å². The largest absolute Gasteiger partial charge is 0.469 e. The third kappa shape index (κ3) is 3.34. The predicted molar refractivity (Wildman–Crippen MR) is 80.9 cm³/mol. The van der Waals surface area contributed by atoms with Crippen molar-refractivity contribution in [3.8, 4) is 0 Å². The number of nitrogens with two attached hydrogens (primary N) is 1. The van der Waals surface area contributed by atoms with Gasteiger partial charge in [-0.2, -0.15) is 0 Å². The third-order valence-corrected chi connectivity index (χ3v) is 3.39. The smallest absolute Gasteiger partial charge is 0.305 e. The van der Waals surface area contributed by atoms with Crippen molar-refractivity contribution in [2.75, 3.05) is 26.4 Å². The lowest BCUT2D eigenvalue weighted by molar-refractivity contribution is -0.140. The number of ether oxygens (including phenoxy) is 1. The molecule has 0 saturated heterocycles. The standard InChI is InChI=1S/C15H19N3O3/c1-18(7-3-4-14(19)21-2)15(20)12-9-17-13-6-5-10(16)8-11(12)13/h5-6,8-9,17H,3-4,7,16H2,1-2H3. The van der Waals surface area contributed by atoms with Gasteiger partial charge in [-0.25, -0.2) is 0 Å². The Morgan fingerprint density at radius 2 is 2.14 bits per heavy atom. The number of aromatic nitrogens is 1. The van der Waals surface area contributed by atoms with Crippen LogP contribution in [0.1, 0.15) is 23.2 Å². The zero-order chi connectivity index (χ0) is 15.4. The zero-order valence-corrected chi connectivity index (χ0v) is 12.2. The molecule has 2 aromatic rings.